The first-order valence-electron chi connectivity index (χ1n) is 12.2. The fourth-order valence-electron chi connectivity index (χ4n) is 4.49. The number of hydrogen-bond donors (Lipinski definition) is 3. The van der Waals surface area contributed by atoms with Gasteiger partial charge in [-0.1, -0.05) is 48.5 Å². The van der Waals surface area contributed by atoms with E-state index >= 15 is 0 Å². The number of nitrogens with zero attached hydrogens (tertiary/aromatic N) is 3. The Morgan fingerprint density at radius 3 is 2.66 bits per heavy atom. The molecule has 0 radical (unpaired) electrons. The number of amides is 4. The predicted molar refractivity (Wildman–Crippen MR) is 140 cm³/mol. The first kappa shape index (κ1) is 24.5. The van der Waals surface area contributed by atoms with Gasteiger partial charge in [-0.25, -0.2) is 9.59 Å². The summed E-state index contributed by atoms with van der Waals surface area (Å²) in [6, 6.07) is 19.7. The van der Waals surface area contributed by atoms with Gasteiger partial charge in [-0.05, 0) is 37.5 Å². The molecule has 0 spiro atoms. The largest absolute Gasteiger partial charge is 0.338 e. The van der Waals surface area contributed by atoms with Gasteiger partial charge in [0.05, 0.1) is 11.2 Å². The second kappa shape index (κ2) is 11.7. The average molecular weight is 475 g/mol. The maximum Gasteiger partial charge on any atom is 0.319 e. The number of hydrogen-bond acceptors (Lipinski definition) is 4. The van der Waals surface area contributed by atoms with Crippen LogP contribution in [-0.4, -0.2) is 72.7 Å². The Bertz CT molecular complexity index is 1150. The molecule has 8 heteroatoms. The highest BCUT2D eigenvalue weighted by Crippen LogP contribution is 2.22. The number of urea groups is 2. The Morgan fingerprint density at radius 1 is 1.06 bits per heavy atom. The normalized spacial score (nSPS) is 15.7. The number of pyridine rings is 1. The summed E-state index contributed by atoms with van der Waals surface area (Å²) in [5.74, 6) is 0. The maximum absolute atomic E-state index is 12.5. The van der Waals surface area contributed by atoms with Crippen molar-refractivity contribution in [1.29, 1.82) is 0 Å². The molecule has 1 aromatic heterocycles. The van der Waals surface area contributed by atoms with E-state index in [0.717, 1.165) is 54.8 Å². The van der Waals surface area contributed by atoms with Crippen molar-refractivity contribution >= 4 is 28.7 Å². The highest BCUT2D eigenvalue weighted by molar-refractivity contribution is 6.00. The molecule has 35 heavy (non-hydrogen) atoms. The van der Waals surface area contributed by atoms with Crippen molar-refractivity contribution in [2.24, 2.45) is 0 Å². The molecule has 0 saturated carbocycles. The number of aromatic nitrogens is 1. The monoisotopic (exact) mass is 474 g/mol. The van der Waals surface area contributed by atoms with Crippen LogP contribution in [0.25, 0.3) is 10.9 Å². The number of para-hydroxylation sites is 1. The fraction of sp³-hybridized carbons (Fsp3) is 0.370. The Hall–Kier alpha value is -3.65. The summed E-state index contributed by atoms with van der Waals surface area (Å²) in [6.07, 6.45) is 1.75. The summed E-state index contributed by atoms with van der Waals surface area (Å²) in [7, 11) is 1.86. The molecule has 8 nitrogen and oxygen atoms in total. The molecule has 1 aliphatic heterocycles. The summed E-state index contributed by atoms with van der Waals surface area (Å²) in [4.78, 5) is 33.6. The van der Waals surface area contributed by atoms with Crippen molar-refractivity contribution in [3.63, 3.8) is 0 Å². The van der Waals surface area contributed by atoms with E-state index in [4.69, 9.17) is 0 Å². The second-order valence-electron chi connectivity index (χ2n) is 9.03. The van der Waals surface area contributed by atoms with Crippen molar-refractivity contribution in [3.8, 4) is 0 Å². The third kappa shape index (κ3) is 6.70. The number of carbonyl (C=O) groups is 2. The van der Waals surface area contributed by atoms with E-state index in [-0.39, 0.29) is 18.1 Å². The molecule has 3 N–H and O–H groups in total. The smallest absolute Gasteiger partial charge is 0.319 e. The van der Waals surface area contributed by atoms with E-state index in [0.29, 0.717) is 13.1 Å². The summed E-state index contributed by atoms with van der Waals surface area (Å²) < 4.78 is 0. The Labute approximate surface area is 206 Å². The molecule has 0 bridgehead atoms. The van der Waals surface area contributed by atoms with Gasteiger partial charge in [0.1, 0.15) is 0 Å². The number of anilines is 1. The number of nitrogens with one attached hydrogen (secondary N) is 3. The lowest BCUT2D eigenvalue weighted by molar-refractivity contribution is 0.189. The summed E-state index contributed by atoms with van der Waals surface area (Å²) in [5, 5.41) is 9.84. The zero-order chi connectivity index (χ0) is 24.6. The molecule has 2 heterocycles. The van der Waals surface area contributed by atoms with E-state index in [1.165, 1.54) is 5.56 Å². The quantitative estimate of drug-likeness (QED) is 0.465. The molecule has 1 aliphatic rings. The topological polar surface area (TPSA) is 89.6 Å². The van der Waals surface area contributed by atoms with Crippen molar-refractivity contribution < 1.29 is 9.59 Å². The minimum absolute atomic E-state index is 0.0369. The van der Waals surface area contributed by atoms with Crippen LogP contribution in [0.15, 0.2) is 60.7 Å². The molecular formula is C27H34N6O2. The predicted octanol–water partition coefficient (Wildman–Crippen LogP) is 3.62. The van der Waals surface area contributed by atoms with E-state index in [1.807, 2.05) is 67.4 Å². The van der Waals surface area contributed by atoms with Gasteiger partial charge in [0.2, 0.25) is 0 Å². The molecule has 1 atom stereocenters. The zero-order valence-electron chi connectivity index (χ0n) is 20.5. The third-order valence-corrected chi connectivity index (χ3v) is 6.45. The molecule has 3 aromatic rings. The average Bonchev–Trinajstić information content (AvgIpc) is 3.33. The second-order valence-corrected chi connectivity index (χ2v) is 9.03. The van der Waals surface area contributed by atoms with Crippen LogP contribution in [0.3, 0.4) is 0 Å². The fourth-order valence-corrected chi connectivity index (χ4v) is 4.49. The Kier molecular flexibility index (Phi) is 8.15. The van der Waals surface area contributed by atoms with Gasteiger partial charge in [0, 0.05) is 56.9 Å². The lowest BCUT2D eigenvalue weighted by atomic mass is 10.1. The number of fused-ring (bicyclic) bond motifs is 1. The summed E-state index contributed by atoms with van der Waals surface area (Å²) >= 11 is 0. The number of benzene rings is 2. The van der Waals surface area contributed by atoms with Crippen LogP contribution in [0.5, 0.6) is 0 Å². The number of carbonyl (C=O) groups excluding carboxylic acids is 2. The lowest BCUT2D eigenvalue weighted by Crippen LogP contribution is -2.45. The molecule has 0 aliphatic carbocycles. The molecular weight excluding hydrogens is 440 g/mol. The molecule has 2 aromatic carbocycles. The minimum Gasteiger partial charge on any atom is -0.338 e. The van der Waals surface area contributed by atoms with Crippen LogP contribution in [0.4, 0.5) is 15.3 Å². The summed E-state index contributed by atoms with van der Waals surface area (Å²) in [6.45, 7) is 5.52. The van der Waals surface area contributed by atoms with Crippen LogP contribution in [0.2, 0.25) is 0 Å². The van der Waals surface area contributed by atoms with E-state index < -0.39 is 0 Å². The van der Waals surface area contributed by atoms with Crippen LogP contribution < -0.4 is 16.0 Å². The maximum atomic E-state index is 12.5. The lowest BCUT2D eigenvalue weighted by Gasteiger charge is -2.25. The van der Waals surface area contributed by atoms with Gasteiger partial charge in [0.25, 0.3) is 0 Å². The zero-order valence-corrected chi connectivity index (χ0v) is 20.5. The van der Waals surface area contributed by atoms with Gasteiger partial charge < -0.3 is 20.9 Å². The van der Waals surface area contributed by atoms with Gasteiger partial charge in [-0.15, -0.1) is 0 Å². The van der Waals surface area contributed by atoms with Crippen LogP contribution in [-0.2, 0) is 6.42 Å². The van der Waals surface area contributed by atoms with Crippen LogP contribution in [0.1, 0.15) is 17.7 Å². The SMILES string of the molecule is Cc1cc(NC(=O)NCCN2CCC(N(C)C(=O)NCCc3ccccc3)C2)c2ccccc2n1. The van der Waals surface area contributed by atoms with Crippen molar-refractivity contribution in [3.05, 3.63) is 71.9 Å². The molecule has 4 amide bonds. The van der Waals surface area contributed by atoms with Gasteiger partial charge >= 0.3 is 12.1 Å². The molecule has 4 rings (SSSR count). The van der Waals surface area contributed by atoms with E-state index in [2.05, 4.69) is 38.0 Å². The van der Waals surface area contributed by atoms with Gasteiger partial charge in [0.15, 0.2) is 0 Å². The highest BCUT2D eigenvalue weighted by atomic mass is 16.2. The Balaban J connectivity index is 1.17. The number of likely N-dealkylation sites (tertiary alicyclic amines) is 1. The van der Waals surface area contributed by atoms with Gasteiger partial charge in [-0.2, -0.15) is 0 Å². The first-order valence-corrected chi connectivity index (χ1v) is 12.2. The Morgan fingerprint density at radius 2 is 1.83 bits per heavy atom. The molecule has 1 saturated heterocycles. The number of rotatable bonds is 8. The molecule has 184 valence electrons. The summed E-state index contributed by atoms with van der Waals surface area (Å²) in [5.41, 5.74) is 3.69. The van der Waals surface area contributed by atoms with E-state index in [9.17, 15) is 9.59 Å². The number of aryl methyl sites for hydroxylation is 1. The standard InChI is InChI=1S/C27H34N6O2/c1-20-18-25(23-10-6-7-11-24(23)30-20)31-26(34)28-15-17-33-16-13-22(19-33)32(2)27(35)29-14-12-21-8-4-3-5-9-21/h3-11,18,22H,12-17,19H2,1-2H3,(H,29,35)(H2,28,30,31,34). The third-order valence-electron chi connectivity index (χ3n) is 6.45. The first-order chi connectivity index (χ1) is 17.0. The molecule has 1 fully saturated rings. The van der Waals surface area contributed by atoms with Crippen molar-refractivity contribution in [2.75, 3.05) is 45.1 Å². The van der Waals surface area contributed by atoms with Crippen molar-refractivity contribution in [1.82, 2.24) is 25.4 Å². The minimum atomic E-state index is -0.230. The van der Waals surface area contributed by atoms with Crippen LogP contribution >= 0.6 is 0 Å². The molecule has 1 unspecified atom stereocenters. The van der Waals surface area contributed by atoms with E-state index in [1.54, 1.807) is 0 Å². The van der Waals surface area contributed by atoms with Crippen LogP contribution in [0, 0.1) is 6.92 Å². The van der Waals surface area contributed by atoms with Gasteiger partial charge in [-0.3, -0.25) is 9.88 Å². The number of likely N-dealkylation sites (N-methyl/N-ethyl adjacent to an activating group) is 1. The highest BCUT2D eigenvalue weighted by Gasteiger charge is 2.28. The van der Waals surface area contributed by atoms with Crippen molar-refractivity contribution in [2.45, 2.75) is 25.8 Å².